The van der Waals surface area contributed by atoms with Crippen LogP contribution in [0, 0.1) is 13.8 Å². The standard InChI is InChI=1S/C27H30N2O4/c1-5-20-14-18(11-16(3)26(20)28-22(30)7-8-23(28)31)13-19-12-17(4)27(21(6-2)15-19)29-24(32)9-10-25(29)33/h11-12,14-15H,5-10,13H2,1-4H3. The first kappa shape index (κ1) is 22.9. The Morgan fingerprint density at radius 3 is 1.24 bits per heavy atom. The Labute approximate surface area is 194 Å². The zero-order valence-electron chi connectivity index (χ0n) is 19.8. The van der Waals surface area contributed by atoms with E-state index in [9.17, 15) is 19.2 Å². The van der Waals surface area contributed by atoms with Crippen molar-refractivity contribution >= 4 is 35.0 Å². The molecule has 4 amide bonds. The molecule has 0 bridgehead atoms. The normalized spacial score (nSPS) is 16.5. The smallest absolute Gasteiger partial charge is 0.234 e. The number of hydrogen-bond acceptors (Lipinski definition) is 4. The highest BCUT2D eigenvalue weighted by atomic mass is 16.2. The summed E-state index contributed by atoms with van der Waals surface area (Å²) in [6.45, 7) is 7.97. The molecule has 0 saturated carbocycles. The average Bonchev–Trinajstić information content (AvgIpc) is 3.28. The lowest BCUT2D eigenvalue weighted by Gasteiger charge is -2.23. The number of amides is 4. The molecule has 2 heterocycles. The molecule has 0 spiro atoms. The fourth-order valence-electron chi connectivity index (χ4n) is 5.14. The summed E-state index contributed by atoms with van der Waals surface area (Å²) in [5.41, 5.74) is 7.51. The van der Waals surface area contributed by atoms with Gasteiger partial charge >= 0.3 is 0 Å². The van der Waals surface area contributed by atoms with Gasteiger partial charge in [0.2, 0.25) is 23.6 Å². The van der Waals surface area contributed by atoms with Crippen LogP contribution in [0.3, 0.4) is 0 Å². The molecule has 2 aromatic rings. The van der Waals surface area contributed by atoms with E-state index < -0.39 is 0 Å². The summed E-state index contributed by atoms with van der Waals surface area (Å²) in [5, 5.41) is 0. The lowest BCUT2D eigenvalue weighted by molar-refractivity contribution is -0.122. The highest BCUT2D eigenvalue weighted by Gasteiger charge is 2.34. The van der Waals surface area contributed by atoms with Gasteiger partial charge in [-0.05, 0) is 66.5 Å². The zero-order chi connectivity index (χ0) is 23.9. The Morgan fingerprint density at radius 1 is 0.606 bits per heavy atom. The lowest BCUT2D eigenvalue weighted by Crippen LogP contribution is -2.30. The molecule has 6 nitrogen and oxygen atoms in total. The van der Waals surface area contributed by atoms with Crippen LogP contribution in [0.4, 0.5) is 11.4 Å². The van der Waals surface area contributed by atoms with E-state index in [0.717, 1.165) is 57.6 Å². The molecule has 0 N–H and O–H groups in total. The highest BCUT2D eigenvalue weighted by Crippen LogP contribution is 2.34. The molecule has 2 fully saturated rings. The summed E-state index contributed by atoms with van der Waals surface area (Å²) in [7, 11) is 0. The van der Waals surface area contributed by atoms with Gasteiger partial charge in [-0.2, -0.15) is 0 Å². The van der Waals surface area contributed by atoms with Crippen molar-refractivity contribution in [2.75, 3.05) is 9.80 Å². The second kappa shape index (κ2) is 8.93. The van der Waals surface area contributed by atoms with Gasteiger partial charge in [0.05, 0.1) is 11.4 Å². The molecule has 0 unspecified atom stereocenters. The molecule has 33 heavy (non-hydrogen) atoms. The third-order valence-electron chi connectivity index (χ3n) is 6.60. The number of anilines is 2. The Morgan fingerprint density at radius 2 is 0.939 bits per heavy atom. The summed E-state index contributed by atoms with van der Waals surface area (Å²) in [6, 6.07) is 8.28. The van der Waals surface area contributed by atoms with Crippen molar-refractivity contribution in [1.82, 2.24) is 0 Å². The first-order chi connectivity index (χ1) is 15.7. The van der Waals surface area contributed by atoms with E-state index in [-0.39, 0.29) is 49.3 Å². The van der Waals surface area contributed by atoms with Crippen LogP contribution < -0.4 is 9.80 Å². The number of rotatable bonds is 6. The van der Waals surface area contributed by atoms with E-state index >= 15 is 0 Å². The molecule has 172 valence electrons. The number of hydrogen-bond donors (Lipinski definition) is 0. The fourth-order valence-corrected chi connectivity index (χ4v) is 5.14. The van der Waals surface area contributed by atoms with E-state index in [4.69, 9.17) is 0 Å². The summed E-state index contributed by atoms with van der Waals surface area (Å²) < 4.78 is 0. The number of aryl methyl sites for hydroxylation is 4. The van der Waals surface area contributed by atoms with Gasteiger partial charge < -0.3 is 0 Å². The quantitative estimate of drug-likeness (QED) is 0.619. The van der Waals surface area contributed by atoms with Crippen LogP contribution in [0.25, 0.3) is 0 Å². The monoisotopic (exact) mass is 446 g/mol. The Balaban J connectivity index is 1.69. The van der Waals surface area contributed by atoms with Gasteiger partial charge in [-0.25, -0.2) is 0 Å². The molecular formula is C27H30N2O4. The van der Waals surface area contributed by atoms with Gasteiger partial charge in [-0.1, -0.05) is 38.1 Å². The molecule has 2 saturated heterocycles. The van der Waals surface area contributed by atoms with E-state index in [1.54, 1.807) is 0 Å². The molecule has 0 aliphatic carbocycles. The van der Waals surface area contributed by atoms with Crippen LogP contribution >= 0.6 is 0 Å². The highest BCUT2D eigenvalue weighted by molar-refractivity contribution is 6.21. The molecule has 2 aliphatic rings. The molecule has 2 aromatic carbocycles. The van der Waals surface area contributed by atoms with Crippen molar-refractivity contribution in [3.8, 4) is 0 Å². The van der Waals surface area contributed by atoms with Gasteiger partial charge in [0.1, 0.15) is 0 Å². The average molecular weight is 447 g/mol. The fraction of sp³-hybridized carbons (Fsp3) is 0.407. The number of nitrogens with zero attached hydrogens (tertiary/aromatic N) is 2. The molecule has 0 radical (unpaired) electrons. The number of carbonyl (C=O) groups excluding carboxylic acids is 4. The van der Waals surface area contributed by atoms with E-state index in [1.165, 1.54) is 9.80 Å². The van der Waals surface area contributed by atoms with Crippen LogP contribution in [0.2, 0.25) is 0 Å². The summed E-state index contributed by atoms with van der Waals surface area (Å²) in [5.74, 6) is -0.517. The number of imide groups is 2. The predicted molar refractivity (Wildman–Crippen MR) is 127 cm³/mol. The van der Waals surface area contributed by atoms with Gasteiger partial charge in [0, 0.05) is 25.7 Å². The van der Waals surface area contributed by atoms with E-state index in [0.29, 0.717) is 6.42 Å². The number of carbonyl (C=O) groups is 4. The third kappa shape index (κ3) is 4.10. The van der Waals surface area contributed by atoms with Crippen molar-refractivity contribution in [3.63, 3.8) is 0 Å². The zero-order valence-corrected chi connectivity index (χ0v) is 19.8. The lowest BCUT2D eigenvalue weighted by atomic mass is 9.93. The maximum absolute atomic E-state index is 12.3. The Bertz CT molecular complexity index is 1060. The SMILES string of the molecule is CCc1cc(Cc2cc(C)c(N3C(=O)CCC3=O)c(CC)c2)cc(C)c1N1C(=O)CCC1=O. The number of benzene rings is 2. The van der Waals surface area contributed by atoms with Gasteiger partial charge in [0.15, 0.2) is 0 Å². The second-order valence-corrected chi connectivity index (χ2v) is 8.97. The summed E-state index contributed by atoms with van der Waals surface area (Å²) in [6.07, 6.45) is 3.23. The summed E-state index contributed by atoms with van der Waals surface area (Å²) >= 11 is 0. The Kier molecular flexibility index (Phi) is 6.19. The van der Waals surface area contributed by atoms with E-state index in [1.807, 2.05) is 27.7 Å². The minimum absolute atomic E-state index is 0.129. The van der Waals surface area contributed by atoms with Crippen molar-refractivity contribution in [1.29, 1.82) is 0 Å². The van der Waals surface area contributed by atoms with Gasteiger partial charge in [0.25, 0.3) is 0 Å². The Hall–Kier alpha value is -3.28. The maximum Gasteiger partial charge on any atom is 0.234 e. The third-order valence-corrected chi connectivity index (χ3v) is 6.60. The van der Waals surface area contributed by atoms with Crippen LogP contribution in [0.1, 0.15) is 72.9 Å². The van der Waals surface area contributed by atoms with E-state index in [2.05, 4.69) is 24.3 Å². The first-order valence-electron chi connectivity index (χ1n) is 11.7. The molecule has 6 heteroatoms. The minimum Gasteiger partial charge on any atom is -0.274 e. The topological polar surface area (TPSA) is 74.8 Å². The van der Waals surface area contributed by atoms with Crippen LogP contribution in [-0.2, 0) is 38.4 Å². The maximum atomic E-state index is 12.3. The molecule has 2 aliphatic heterocycles. The van der Waals surface area contributed by atoms with Gasteiger partial charge in [-0.3, -0.25) is 29.0 Å². The van der Waals surface area contributed by atoms with Crippen molar-refractivity contribution in [2.45, 2.75) is 72.6 Å². The molecular weight excluding hydrogens is 416 g/mol. The summed E-state index contributed by atoms with van der Waals surface area (Å²) in [4.78, 5) is 52.0. The predicted octanol–water partition coefficient (Wildman–Crippen LogP) is 4.33. The first-order valence-corrected chi connectivity index (χ1v) is 11.7. The van der Waals surface area contributed by atoms with Crippen LogP contribution in [-0.4, -0.2) is 23.6 Å². The largest absolute Gasteiger partial charge is 0.274 e. The minimum atomic E-state index is -0.129. The van der Waals surface area contributed by atoms with Crippen molar-refractivity contribution in [3.05, 3.63) is 57.6 Å². The molecule has 4 rings (SSSR count). The molecule has 0 aromatic heterocycles. The van der Waals surface area contributed by atoms with Gasteiger partial charge in [-0.15, -0.1) is 0 Å². The van der Waals surface area contributed by atoms with Crippen molar-refractivity contribution in [2.24, 2.45) is 0 Å². The van der Waals surface area contributed by atoms with Crippen LogP contribution in [0.5, 0.6) is 0 Å². The van der Waals surface area contributed by atoms with Crippen molar-refractivity contribution < 1.29 is 19.2 Å². The van der Waals surface area contributed by atoms with Crippen LogP contribution in [0.15, 0.2) is 24.3 Å². The second-order valence-electron chi connectivity index (χ2n) is 8.97. The molecule has 0 atom stereocenters.